The highest BCUT2D eigenvalue weighted by molar-refractivity contribution is 6.07. The van der Waals surface area contributed by atoms with Gasteiger partial charge in [0.25, 0.3) is 5.91 Å². The van der Waals surface area contributed by atoms with E-state index in [9.17, 15) is 14.7 Å². The number of amides is 3. The monoisotopic (exact) mass is 373 g/mol. The molecule has 0 saturated carbocycles. The number of hydrogen-bond acceptors (Lipinski definition) is 4. The molecule has 1 heterocycles. The van der Waals surface area contributed by atoms with E-state index in [1.165, 1.54) is 6.21 Å². The number of hydrogen-bond donors (Lipinski definition) is 2. The van der Waals surface area contributed by atoms with E-state index in [1.54, 1.807) is 6.92 Å². The Labute approximate surface area is 161 Å². The van der Waals surface area contributed by atoms with E-state index in [4.69, 9.17) is 0 Å². The van der Waals surface area contributed by atoms with Crippen molar-refractivity contribution >= 4 is 18.2 Å². The Morgan fingerprint density at radius 2 is 1.59 bits per heavy atom. The lowest BCUT2D eigenvalue weighted by atomic mass is 9.78. The molecule has 1 atom stereocenters. The number of phenolic OH excluding ortho intramolecular Hbond substituents is 1. The third-order valence-corrected chi connectivity index (χ3v) is 5.02. The maximum Gasteiger partial charge on any atom is 0.346 e. The fourth-order valence-corrected chi connectivity index (χ4v) is 3.01. The smallest absolute Gasteiger partial charge is 0.346 e. The van der Waals surface area contributed by atoms with Crippen molar-refractivity contribution in [2.75, 3.05) is 0 Å². The number of hydrazone groups is 1. The lowest BCUT2D eigenvalue weighted by Crippen LogP contribution is -2.42. The summed E-state index contributed by atoms with van der Waals surface area (Å²) >= 11 is 0. The maximum atomic E-state index is 12.5. The summed E-state index contributed by atoms with van der Waals surface area (Å²) in [5.74, 6) is -0.0854. The van der Waals surface area contributed by atoms with Crippen LogP contribution in [0.1, 0.15) is 78.5 Å². The highest BCUT2D eigenvalue weighted by atomic mass is 16.3. The number of phenols is 1. The fourth-order valence-electron chi connectivity index (χ4n) is 3.01. The topological polar surface area (TPSA) is 82.0 Å². The van der Waals surface area contributed by atoms with Crippen molar-refractivity contribution in [2.24, 2.45) is 5.10 Å². The van der Waals surface area contributed by atoms with Crippen LogP contribution in [0.3, 0.4) is 0 Å². The number of imide groups is 1. The van der Waals surface area contributed by atoms with Crippen LogP contribution in [0.15, 0.2) is 17.2 Å². The van der Waals surface area contributed by atoms with Gasteiger partial charge < -0.3 is 10.4 Å². The van der Waals surface area contributed by atoms with Crippen LogP contribution in [-0.4, -0.2) is 33.8 Å². The molecule has 148 valence electrons. The van der Waals surface area contributed by atoms with Crippen LogP contribution in [0.5, 0.6) is 5.75 Å². The third-order valence-electron chi connectivity index (χ3n) is 5.02. The van der Waals surface area contributed by atoms with Crippen molar-refractivity contribution in [2.45, 2.75) is 78.2 Å². The van der Waals surface area contributed by atoms with E-state index in [0.29, 0.717) is 6.42 Å². The molecule has 27 heavy (non-hydrogen) atoms. The summed E-state index contributed by atoms with van der Waals surface area (Å²) in [7, 11) is 0. The van der Waals surface area contributed by atoms with Crippen LogP contribution in [0.2, 0.25) is 0 Å². The summed E-state index contributed by atoms with van der Waals surface area (Å²) in [5.41, 5.74) is 0.869. The van der Waals surface area contributed by atoms with E-state index in [1.807, 2.05) is 60.6 Å². The van der Waals surface area contributed by atoms with Crippen molar-refractivity contribution in [1.29, 1.82) is 0 Å². The van der Waals surface area contributed by atoms with Gasteiger partial charge >= 0.3 is 6.03 Å². The zero-order chi connectivity index (χ0) is 20.8. The Kier molecular flexibility index (Phi) is 5.16. The first-order valence-corrected chi connectivity index (χ1v) is 9.29. The van der Waals surface area contributed by atoms with Crippen molar-refractivity contribution in [1.82, 2.24) is 10.3 Å². The average molecular weight is 373 g/mol. The second-order valence-electron chi connectivity index (χ2n) is 9.44. The minimum absolute atomic E-state index is 0.268. The molecule has 1 aromatic rings. The number of rotatable bonds is 3. The van der Waals surface area contributed by atoms with E-state index in [0.717, 1.165) is 21.7 Å². The molecular formula is C21H31N3O3. The highest BCUT2D eigenvalue weighted by Crippen LogP contribution is 2.39. The Bertz CT molecular complexity index is 765. The molecule has 2 N–H and O–H groups in total. The summed E-state index contributed by atoms with van der Waals surface area (Å²) in [4.78, 5) is 24.6. The zero-order valence-electron chi connectivity index (χ0n) is 17.6. The SMILES string of the molecule is CC[C@@]1(C)NC(=O)N(N=Cc2cc(C(C)(C)C)c(O)c(C(C)(C)C)c2)C1=O. The second-order valence-corrected chi connectivity index (χ2v) is 9.44. The molecule has 1 fully saturated rings. The molecule has 1 saturated heterocycles. The second kappa shape index (κ2) is 6.66. The maximum absolute atomic E-state index is 12.5. The lowest BCUT2D eigenvalue weighted by molar-refractivity contribution is -0.130. The van der Waals surface area contributed by atoms with E-state index >= 15 is 0 Å². The summed E-state index contributed by atoms with van der Waals surface area (Å²) in [6.07, 6.45) is 1.99. The molecule has 0 aliphatic carbocycles. The molecule has 1 aliphatic rings. The molecular weight excluding hydrogens is 342 g/mol. The number of aromatic hydroxyl groups is 1. The minimum Gasteiger partial charge on any atom is -0.507 e. The number of benzene rings is 1. The number of carbonyl (C=O) groups is 2. The van der Waals surface area contributed by atoms with E-state index < -0.39 is 11.6 Å². The molecule has 1 aliphatic heterocycles. The number of nitrogens with one attached hydrogen (secondary N) is 1. The largest absolute Gasteiger partial charge is 0.507 e. The lowest BCUT2D eigenvalue weighted by Gasteiger charge is -2.27. The predicted molar refractivity (Wildman–Crippen MR) is 107 cm³/mol. The molecule has 6 nitrogen and oxygen atoms in total. The summed E-state index contributed by atoms with van der Waals surface area (Å²) in [5, 5.41) is 18.5. The van der Waals surface area contributed by atoms with Crippen LogP contribution < -0.4 is 5.32 Å². The van der Waals surface area contributed by atoms with Crippen LogP contribution in [0.4, 0.5) is 4.79 Å². The zero-order valence-corrected chi connectivity index (χ0v) is 17.6. The van der Waals surface area contributed by atoms with Crippen LogP contribution in [0, 0.1) is 0 Å². The van der Waals surface area contributed by atoms with Gasteiger partial charge in [0, 0.05) is 11.1 Å². The average Bonchev–Trinajstić information content (AvgIpc) is 2.74. The van der Waals surface area contributed by atoms with Gasteiger partial charge in [0.2, 0.25) is 0 Å². The first-order chi connectivity index (χ1) is 12.2. The van der Waals surface area contributed by atoms with Gasteiger partial charge in [0.15, 0.2) is 0 Å². The van der Waals surface area contributed by atoms with Gasteiger partial charge in [-0.3, -0.25) is 4.79 Å². The molecule has 0 aromatic heterocycles. The van der Waals surface area contributed by atoms with Gasteiger partial charge in [-0.05, 0) is 41.9 Å². The van der Waals surface area contributed by atoms with E-state index in [2.05, 4.69) is 10.4 Å². The highest BCUT2D eigenvalue weighted by Gasteiger charge is 2.46. The Hall–Kier alpha value is -2.37. The normalized spacial score (nSPS) is 21.3. The van der Waals surface area contributed by atoms with Gasteiger partial charge in [0.05, 0.1) is 6.21 Å². The molecule has 0 spiro atoms. The number of urea groups is 1. The first kappa shape index (κ1) is 20.9. The molecule has 6 heteroatoms. The van der Waals surface area contributed by atoms with Crippen LogP contribution >= 0.6 is 0 Å². The van der Waals surface area contributed by atoms with Crippen molar-refractivity contribution in [3.63, 3.8) is 0 Å². The minimum atomic E-state index is -0.920. The summed E-state index contributed by atoms with van der Waals surface area (Å²) < 4.78 is 0. The van der Waals surface area contributed by atoms with Crippen LogP contribution in [-0.2, 0) is 15.6 Å². The quantitative estimate of drug-likeness (QED) is 0.620. The predicted octanol–water partition coefficient (Wildman–Crippen LogP) is 4.04. The summed E-state index contributed by atoms with van der Waals surface area (Å²) in [6, 6.07) is 3.18. The van der Waals surface area contributed by atoms with E-state index in [-0.39, 0.29) is 22.5 Å². The van der Waals surface area contributed by atoms with Crippen molar-refractivity contribution < 1.29 is 14.7 Å². The number of nitrogens with zero attached hydrogens (tertiary/aromatic N) is 2. The van der Waals surface area contributed by atoms with Gasteiger partial charge in [0.1, 0.15) is 11.3 Å². The number of carbonyl (C=O) groups excluding carboxylic acids is 2. The van der Waals surface area contributed by atoms with Gasteiger partial charge in [-0.1, -0.05) is 48.5 Å². The Morgan fingerprint density at radius 1 is 1.11 bits per heavy atom. The van der Waals surface area contributed by atoms with Gasteiger partial charge in [-0.25, -0.2) is 4.79 Å². The molecule has 2 rings (SSSR count). The van der Waals surface area contributed by atoms with Gasteiger partial charge in [-0.15, -0.1) is 5.01 Å². The van der Waals surface area contributed by atoms with Crippen molar-refractivity contribution in [3.8, 4) is 5.75 Å². The molecule has 3 amide bonds. The standard InChI is InChI=1S/C21H31N3O3/c1-9-21(8)17(26)24(18(27)23-21)22-12-13-10-14(19(2,3)4)16(25)15(11-13)20(5,6)7/h10-12,25H,9H2,1-8H3,(H,23,27)/t21-/m1/s1. The van der Waals surface area contributed by atoms with Crippen molar-refractivity contribution in [3.05, 3.63) is 28.8 Å². The Balaban J connectivity index is 2.49. The van der Waals surface area contributed by atoms with Crippen LogP contribution in [0.25, 0.3) is 0 Å². The Morgan fingerprint density at radius 3 is 1.96 bits per heavy atom. The molecule has 0 bridgehead atoms. The molecule has 0 unspecified atom stereocenters. The first-order valence-electron chi connectivity index (χ1n) is 9.29. The molecule has 0 radical (unpaired) electrons. The van der Waals surface area contributed by atoms with Gasteiger partial charge in [-0.2, -0.15) is 5.10 Å². The fraction of sp³-hybridized carbons (Fsp3) is 0.571. The molecule has 1 aromatic carbocycles. The third kappa shape index (κ3) is 3.99. The summed E-state index contributed by atoms with van der Waals surface area (Å²) in [6.45, 7) is 15.7.